The second-order valence-electron chi connectivity index (χ2n) is 6.80. The van der Waals surface area contributed by atoms with Crippen molar-refractivity contribution < 1.29 is 27.7 Å². The highest BCUT2D eigenvalue weighted by Gasteiger charge is 2.44. The Morgan fingerprint density at radius 3 is 2.39 bits per heavy atom. The molecule has 4 rings (SSSR count). The lowest BCUT2D eigenvalue weighted by atomic mass is 10.0. The number of hydrogen-bond acceptors (Lipinski definition) is 7. The maximum atomic E-state index is 12.5. The Balaban J connectivity index is 1.37. The molecule has 0 amide bonds. The van der Waals surface area contributed by atoms with Crippen LogP contribution in [0, 0.1) is 0 Å². The lowest BCUT2D eigenvalue weighted by Gasteiger charge is -2.44. The van der Waals surface area contributed by atoms with E-state index < -0.39 is 34.4 Å². The van der Waals surface area contributed by atoms with E-state index in [1.807, 2.05) is 30.3 Å². The SMILES string of the molecule is O=S(=O)(CC1OC[C@H]2OC(Sc3ccccc3)C[C@@H](O)[C@@H]2O1)c1ccccc1. The minimum Gasteiger partial charge on any atom is -0.390 e. The van der Waals surface area contributed by atoms with Gasteiger partial charge in [-0.3, -0.25) is 0 Å². The normalized spacial score (nSPS) is 30.5. The van der Waals surface area contributed by atoms with Gasteiger partial charge in [-0.2, -0.15) is 0 Å². The summed E-state index contributed by atoms with van der Waals surface area (Å²) in [5.74, 6) is -0.296. The third-order valence-electron chi connectivity index (χ3n) is 4.73. The van der Waals surface area contributed by atoms with Gasteiger partial charge in [-0.15, -0.1) is 0 Å². The molecule has 150 valence electrons. The molecule has 1 N–H and O–H groups in total. The van der Waals surface area contributed by atoms with Gasteiger partial charge in [-0.05, 0) is 24.3 Å². The Morgan fingerprint density at radius 2 is 1.68 bits per heavy atom. The molecule has 0 aromatic heterocycles. The van der Waals surface area contributed by atoms with Crippen LogP contribution < -0.4 is 0 Å². The molecule has 0 saturated carbocycles. The average molecular weight is 423 g/mol. The van der Waals surface area contributed by atoms with Crippen molar-refractivity contribution in [3.63, 3.8) is 0 Å². The Bertz CT molecular complexity index is 874. The van der Waals surface area contributed by atoms with Crippen molar-refractivity contribution in [2.45, 2.75) is 46.2 Å². The smallest absolute Gasteiger partial charge is 0.183 e. The van der Waals surface area contributed by atoms with Crippen LogP contribution in [0.1, 0.15) is 6.42 Å². The second-order valence-corrected chi connectivity index (χ2v) is 10.1. The highest BCUT2D eigenvalue weighted by atomic mass is 32.2. The van der Waals surface area contributed by atoms with Crippen molar-refractivity contribution in [3.05, 3.63) is 60.7 Å². The molecule has 0 radical (unpaired) electrons. The lowest BCUT2D eigenvalue weighted by Crippen LogP contribution is -2.56. The fraction of sp³-hybridized carbons (Fsp3) is 0.400. The molecule has 0 spiro atoms. The van der Waals surface area contributed by atoms with Gasteiger partial charge in [-0.25, -0.2) is 8.42 Å². The summed E-state index contributed by atoms with van der Waals surface area (Å²) in [4.78, 5) is 1.28. The van der Waals surface area contributed by atoms with Gasteiger partial charge in [0.15, 0.2) is 16.1 Å². The zero-order valence-corrected chi connectivity index (χ0v) is 16.7. The van der Waals surface area contributed by atoms with Gasteiger partial charge in [0.1, 0.15) is 23.4 Å². The van der Waals surface area contributed by atoms with Crippen molar-refractivity contribution in [3.8, 4) is 0 Å². The van der Waals surface area contributed by atoms with Gasteiger partial charge in [0.2, 0.25) is 0 Å². The van der Waals surface area contributed by atoms with Crippen molar-refractivity contribution in [1.82, 2.24) is 0 Å². The van der Waals surface area contributed by atoms with Crippen LogP contribution in [0.25, 0.3) is 0 Å². The maximum absolute atomic E-state index is 12.5. The third kappa shape index (κ3) is 4.59. The molecule has 2 aromatic rings. The predicted molar refractivity (Wildman–Crippen MR) is 105 cm³/mol. The van der Waals surface area contributed by atoms with Crippen LogP contribution >= 0.6 is 11.8 Å². The first kappa shape index (κ1) is 19.9. The second kappa shape index (κ2) is 8.52. The van der Waals surface area contributed by atoms with Crippen LogP contribution in [0.15, 0.2) is 70.5 Å². The van der Waals surface area contributed by atoms with E-state index in [0.717, 1.165) is 4.90 Å². The number of fused-ring (bicyclic) bond motifs is 1. The van der Waals surface area contributed by atoms with Crippen LogP contribution in [-0.4, -0.2) is 55.9 Å². The van der Waals surface area contributed by atoms with E-state index >= 15 is 0 Å². The summed E-state index contributed by atoms with van der Waals surface area (Å²) < 4.78 is 42.5. The Kier molecular flexibility index (Phi) is 6.05. The molecule has 2 aliphatic rings. The molecular formula is C20H22O6S2. The molecule has 2 unspecified atom stereocenters. The van der Waals surface area contributed by atoms with Gasteiger partial charge in [0.05, 0.1) is 17.6 Å². The topological polar surface area (TPSA) is 82.1 Å². The molecule has 2 fully saturated rings. The molecule has 0 bridgehead atoms. The maximum Gasteiger partial charge on any atom is 0.183 e. The summed E-state index contributed by atoms with van der Waals surface area (Å²) in [7, 11) is -3.54. The van der Waals surface area contributed by atoms with E-state index in [0.29, 0.717) is 6.42 Å². The molecule has 8 heteroatoms. The minimum absolute atomic E-state index is 0.183. The highest BCUT2D eigenvalue weighted by molar-refractivity contribution is 7.99. The molecule has 2 heterocycles. The zero-order chi connectivity index (χ0) is 19.6. The summed E-state index contributed by atoms with van der Waals surface area (Å²) >= 11 is 1.54. The van der Waals surface area contributed by atoms with E-state index in [9.17, 15) is 13.5 Å². The summed E-state index contributed by atoms with van der Waals surface area (Å²) in [6.45, 7) is 0.183. The quantitative estimate of drug-likeness (QED) is 0.793. The van der Waals surface area contributed by atoms with Crippen LogP contribution in [0.3, 0.4) is 0 Å². The number of thioether (sulfide) groups is 1. The molecule has 0 aliphatic carbocycles. The number of ether oxygens (including phenoxy) is 3. The molecule has 5 atom stereocenters. The zero-order valence-electron chi connectivity index (χ0n) is 15.1. The summed E-state index contributed by atoms with van der Waals surface area (Å²) in [6.07, 6.45) is -2.30. The van der Waals surface area contributed by atoms with Crippen molar-refractivity contribution in [1.29, 1.82) is 0 Å². The van der Waals surface area contributed by atoms with Crippen LogP contribution in [-0.2, 0) is 24.0 Å². The monoisotopic (exact) mass is 422 g/mol. The van der Waals surface area contributed by atoms with Gasteiger partial charge < -0.3 is 19.3 Å². The Hall–Kier alpha value is -1.42. The van der Waals surface area contributed by atoms with Crippen LogP contribution in [0.2, 0.25) is 0 Å². The van der Waals surface area contributed by atoms with Gasteiger partial charge >= 0.3 is 0 Å². The molecule has 28 heavy (non-hydrogen) atoms. The van der Waals surface area contributed by atoms with Crippen molar-refractivity contribution in [2.75, 3.05) is 12.4 Å². The van der Waals surface area contributed by atoms with Crippen molar-refractivity contribution >= 4 is 21.6 Å². The summed E-state index contributed by atoms with van der Waals surface area (Å²) in [5.41, 5.74) is -0.213. The van der Waals surface area contributed by atoms with Crippen molar-refractivity contribution in [2.24, 2.45) is 0 Å². The molecule has 2 aromatic carbocycles. The van der Waals surface area contributed by atoms with Gasteiger partial charge in [-0.1, -0.05) is 48.2 Å². The van der Waals surface area contributed by atoms with Gasteiger partial charge in [0.25, 0.3) is 0 Å². The summed E-state index contributed by atoms with van der Waals surface area (Å²) in [6, 6.07) is 18.0. The number of rotatable bonds is 5. The number of benzene rings is 2. The fourth-order valence-corrected chi connectivity index (χ4v) is 5.76. The van der Waals surface area contributed by atoms with E-state index in [4.69, 9.17) is 14.2 Å². The average Bonchev–Trinajstić information content (AvgIpc) is 2.70. The van der Waals surface area contributed by atoms with Crippen LogP contribution in [0.4, 0.5) is 0 Å². The van der Waals surface area contributed by atoms with E-state index in [2.05, 4.69) is 0 Å². The number of aliphatic hydroxyl groups is 1. The third-order valence-corrected chi connectivity index (χ3v) is 7.54. The molecule has 6 nitrogen and oxygen atoms in total. The number of hydrogen-bond donors (Lipinski definition) is 1. The lowest BCUT2D eigenvalue weighted by molar-refractivity contribution is -0.291. The highest BCUT2D eigenvalue weighted by Crippen LogP contribution is 2.36. The largest absolute Gasteiger partial charge is 0.390 e. The molecule has 2 saturated heterocycles. The Labute approximate surface area is 168 Å². The van der Waals surface area contributed by atoms with Gasteiger partial charge in [0, 0.05) is 11.3 Å². The number of sulfone groups is 1. The van der Waals surface area contributed by atoms with Crippen LogP contribution in [0.5, 0.6) is 0 Å². The standard InChI is InChI=1S/C20H22O6S2/c21-16-11-19(27-14-7-3-1-4-8-14)25-17-12-24-18(26-20(16)17)13-28(22,23)15-9-5-2-6-10-15/h1-10,16-21H,11-13H2/t16-,17-,18?,19?,20+/m1/s1. The van der Waals surface area contributed by atoms with E-state index in [-0.39, 0.29) is 22.7 Å². The first-order chi connectivity index (χ1) is 13.5. The summed E-state index contributed by atoms with van der Waals surface area (Å²) in [5, 5.41) is 10.6. The first-order valence-corrected chi connectivity index (χ1v) is 11.6. The predicted octanol–water partition coefficient (Wildman–Crippen LogP) is 2.47. The fourth-order valence-electron chi connectivity index (χ4n) is 3.35. The molecular weight excluding hydrogens is 400 g/mol. The van der Waals surface area contributed by atoms with E-state index in [1.165, 1.54) is 0 Å². The van der Waals surface area contributed by atoms with E-state index in [1.54, 1.807) is 42.1 Å². The first-order valence-electron chi connectivity index (χ1n) is 9.11. The molecule has 2 aliphatic heterocycles. The number of aliphatic hydroxyl groups excluding tert-OH is 1. The minimum atomic E-state index is -3.54. The Morgan fingerprint density at radius 1 is 1.00 bits per heavy atom.